The van der Waals surface area contributed by atoms with Gasteiger partial charge >= 0.3 is 0 Å². The maximum absolute atomic E-state index is 13.4. The van der Waals surface area contributed by atoms with Crippen molar-refractivity contribution < 1.29 is 9.18 Å². The molecule has 8 heteroatoms. The second-order valence-corrected chi connectivity index (χ2v) is 9.07. The van der Waals surface area contributed by atoms with E-state index in [1.807, 2.05) is 0 Å². The van der Waals surface area contributed by atoms with Crippen LogP contribution in [0, 0.1) is 5.82 Å². The molecular weight excluding hydrogens is 403 g/mol. The Labute approximate surface area is 177 Å². The highest BCUT2D eigenvalue weighted by atomic mass is 32.1. The van der Waals surface area contributed by atoms with Gasteiger partial charge in [-0.3, -0.25) is 14.5 Å². The normalized spacial score (nSPS) is 17.3. The van der Waals surface area contributed by atoms with Gasteiger partial charge < -0.3 is 9.88 Å². The average Bonchev–Trinajstić information content (AvgIpc) is 3.12. The van der Waals surface area contributed by atoms with Crippen LogP contribution in [0.25, 0.3) is 10.2 Å². The number of hydrogen-bond donors (Lipinski definition) is 1. The Bertz CT molecular complexity index is 1160. The van der Waals surface area contributed by atoms with Gasteiger partial charge in [0.05, 0.1) is 11.9 Å². The van der Waals surface area contributed by atoms with Crippen LogP contribution in [0.4, 0.5) is 4.39 Å². The van der Waals surface area contributed by atoms with E-state index in [1.165, 1.54) is 29.0 Å². The number of aromatic nitrogens is 2. The molecule has 0 spiro atoms. The summed E-state index contributed by atoms with van der Waals surface area (Å²) in [6.07, 6.45) is 4.34. The number of H-pyrrole nitrogens is 1. The van der Waals surface area contributed by atoms with Crippen LogP contribution in [0.2, 0.25) is 0 Å². The van der Waals surface area contributed by atoms with Gasteiger partial charge in [-0.05, 0) is 49.4 Å². The molecule has 2 aliphatic rings. The van der Waals surface area contributed by atoms with Crippen LogP contribution in [-0.4, -0.2) is 51.9 Å². The summed E-state index contributed by atoms with van der Waals surface area (Å²) in [7, 11) is 0. The van der Waals surface area contributed by atoms with E-state index in [2.05, 4.69) is 9.88 Å². The first-order valence-electron chi connectivity index (χ1n) is 10.4. The molecule has 1 saturated heterocycles. The number of aryl methyl sites for hydroxylation is 2. The third-order valence-electron chi connectivity index (χ3n) is 5.98. The summed E-state index contributed by atoms with van der Waals surface area (Å²) in [5.41, 5.74) is 1.54. The fraction of sp³-hybridized carbons (Fsp3) is 0.409. The van der Waals surface area contributed by atoms with Crippen LogP contribution >= 0.6 is 11.3 Å². The maximum atomic E-state index is 13.4. The van der Waals surface area contributed by atoms with Crippen molar-refractivity contribution in [2.75, 3.05) is 26.2 Å². The molecule has 0 bridgehead atoms. The van der Waals surface area contributed by atoms with Gasteiger partial charge in [-0.25, -0.2) is 9.37 Å². The van der Waals surface area contributed by atoms with Crippen LogP contribution in [0.15, 0.2) is 29.1 Å². The Morgan fingerprint density at radius 2 is 1.97 bits per heavy atom. The van der Waals surface area contributed by atoms with Crippen molar-refractivity contribution in [3.63, 3.8) is 0 Å². The Morgan fingerprint density at radius 1 is 1.17 bits per heavy atom. The highest BCUT2D eigenvalue weighted by molar-refractivity contribution is 7.18. The Hall–Kier alpha value is -2.58. The maximum Gasteiger partial charge on any atom is 0.259 e. The summed E-state index contributed by atoms with van der Waals surface area (Å²) in [5, 5.41) is 0.781. The summed E-state index contributed by atoms with van der Waals surface area (Å²) >= 11 is 1.66. The van der Waals surface area contributed by atoms with Gasteiger partial charge in [0, 0.05) is 36.6 Å². The lowest BCUT2D eigenvalue weighted by Crippen LogP contribution is -2.48. The molecule has 1 aliphatic carbocycles. The largest absolute Gasteiger partial charge is 0.336 e. The van der Waals surface area contributed by atoms with Crippen molar-refractivity contribution >= 4 is 27.5 Å². The van der Waals surface area contributed by atoms with E-state index in [0.717, 1.165) is 29.5 Å². The van der Waals surface area contributed by atoms with Crippen molar-refractivity contribution in [3.05, 3.63) is 62.3 Å². The van der Waals surface area contributed by atoms with Gasteiger partial charge in [0.1, 0.15) is 16.5 Å². The summed E-state index contributed by atoms with van der Waals surface area (Å²) in [6.45, 7) is 3.05. The number of halogens is 1. The highest BCUT2D eigenvalue weighted by Crippen LogP contribution is 2.33. The molecule has 5 rings (SSSR count). The van der Waals surface area contributed by atoms with Crippen LogP contribution in [0.1, 0.15) is 39.5 Å². The first kappa shape index (κ1) is 19.4. The molecule has 1 N–H and O–H groups in total. The van der Waals surface area contributed by atoms with E-state index < -0.39 is 5.82 Å². The van der Waals surface area contributed by atoms with Crippen LogP contribution in [-0.2, 0) is 19.4 Å². The van der Waals surface area contributed by atoms with Gasteiger partial charge in [0.25, 0.3) is 11.5 Å². The lowest BCUT2D eigenvalue weighted by atomic mass is 9.97. The summed E-state index contributed by atoms with van der Waals surface area (Å²) in [5.74, 6) is 0.127. The topological polar surface area (TPSA) is 69.3 Å². The van der Waals surface area contributed by atoms with Gasteiger partial charge in [-0.2, -0.15) is 0 Å². The van der Waals surface area contributed by atoms with Crippen molar-refractivity contribution in [2.45, 2.75) is 32.2 Å². The summed E-state index contributed by atoms with van der Waals surface area (Å²) in [4.78, 5) is 39.1. The fourth-order valence-electron chi connectivity index (χ4n) is 4.41. The SMILES string of the molecule is O=C(c1cccc(F)c1)N1CCN(Cc2nc3sc4c(c3c(=O)[nH]2)CCCC4)CC1. The second-order valence-electron chi connectivity index (χ2n) is 7.98. The first-order chi connectivity index (χ1) is 14.6. The zero-order valence-electron chi connectivity index (χ0n) is 16.6. The number of aromatic amines is 1. The van der Waals surface area contributed by atoms with Crippen molar-refractivity contribution in [2.24, 2.45) is 0 Å². The predicted molar refractivity (Wildman–Crippen MR) is 114 cm³/mol. The van der Waals surface area contributed by atoms with E-state index in [9.17, 15) is 14.0 Å². The highest BCUT2D eigenvalue weighted by Gasteiger charge is 2.24. The molecule has 0 radical (unpaired) electrons. The number of carbonyl (C=O) groups is 1. The number of amides is 1. The summed E-state index contributed by atoms with van der Waals surface area (Å²) in [6, 6.07) is 5.81. The molecule has 30 heavy (non-hydrogen) atoms. The number of hydrogen-bond acceptors (Lipinski definition) is 5. The zero-order chi connectivity index (χ0) is 20.7. The smallest absolute Gasteiger partial charge is 0.259 e. The molecular formula is C22H23FN4O2S. The lowest BCUT2D eigenvalue weighted by molar-refractivity contribution is 0.0625. The summed E-state index contributed by atoms with van der Waals surface area (Å²) < 4.78 is 13.4. The van der Waals surface area contributed by atoms with Crippen molar-refractivity contribution in [3.8, 4) is 0 Å². The fourth-order valence-corrected chi connectivity index (χ4v) is 5.69. The van der Waals surface area contributed by atoms with Crippen LogP contribution < -0.4 is 5.56 Å². The van der Waals surface area contributed by atoms with Gasteiger partial charge in [0.2, 0.25) is 0 Å². The molecule has 3 heterocycles. The quantitative estimate of drug-likeness (QED) is 0.699. The molecule has 0 atom stereocenters. The number of nitrogens with one attached hydrogen (secondary N) is 1. The average molecular weight is 427 g/mol. The Balaban J connectivity index is 1.27. The second kappa shape index (κ2) is 7.92. The molecule has 0 unspecified atom stereocenters. The molecule has 156 valence electrons. The molecule has 6 nitrogen and oxygen atoms in total. The Kier molecular flexibility index (Phi) is 5.12. The first-order valence-corrected chi connectivity index (χ1v) is 11.2. The minimum atomic E-state index is -0.403. The van der Waals surface area contributed by atoms with E-state index in [0.29, 0.717) is 44.1 Å². The third kappa shape index (κ3) is 3.65. The van der Waals surface area contributed by atoms with Gasteiger partial charge in [0.15, 0.2) is 0 Å². The molecule has 2 aromatic heterocycles. The molecule has 0 saturated carbocycles. The predicted octanol–water partition coefficient (Wildman–Crippen LogP) is 2.96. The third-order valence-corrected chi connectivity index (χ3v) is 7.16. The number of rotatable bonds is 3. The monoisotopic (exact) mass is 426 g/mol. The Morgan fingerprint density at radius 3 is 2.77 bits per heavy atom. The molecule has 3 aromatic rings. The number of benzene rings is 1. The van der Waals surface area contributed by atoms with E-state index in [-0.39, 0.29) is 11.5 Å². The van der Waals surface area contributed by atoms with Gasteiger partial charge in [-0.15, -0.1) is 11.3 Å². The molecule has 1 amide bonds. The van der Waals surface area contributed by atoms with Crippen molar-refractivity contribution in [1.82, 2.24) is 19.8 Å². The van der Waals surface area contributed by atoms with Crippen LogP contribution in [0.5, 0.6) is 0 Å². The minimum Gasteiger partial charge on any atom is -0.336 e. The molecule has 1 aromatic carbocycles. The lowest BCUT2D eigenvalue weighted by Gasteiger charge is -2.34. The minimum absolute atomic E-state index is 0.0330. The number of thiophene rings is 1. The number of nitrogens with zero attached hydrogens (tertiary/aromatic N) is 3. The van der Waals surface area contributed by atoms with E-state index in [1.54, 1.807) is 28.4 Å². The standard InChI is InChI=1S/C22H23FN4O2S/c23-15-5-3-4-14(12-15)22(29)27-10-8-26(9-11-27)13-18-24-20(28)19-16-6-1-2-7-17(16)30-21(19)25-18/h3-5,12H,1-2,6-11,13H2,(H,24,25,28). The van der Waals surface area contributed by atoms with E-state index in [4.69, 9.17) is 4.98 Å². The zero-order valence-corrected chi connectivity index (χ0v) is 17.4. The number of piperazine rings is 1. The number of carbonyl (C=O) groups excluding carboxylic acids is 1. The molecule has 1 aliphatic heterocycles. The molecule has 1 fully saturated rings. The number of fused-ring (bicyclic) bond motifs is 3. The van der Waals surface area contributed by atoms with Gasteiger partial charge in [-0.1, -0.05) is 6.07 Å². The van der Waals surface area contributed by atoms with Crippen molar-refractivity contribution in [1.29, 1.82) is 0 Å². The van der Waals surface area contributed by atoms with Crippen LogP contribution in [0.3, 0.4) is 0 Å². The van der Waals surface area contributed by atoms with E-state index >= 15 is 0 Å².